The summed E-state index contributed by atoms with van der Waals surface area (Å²) in [6.07, 6.45) is 0. The van der Waals surface area contributed by atoms with Crippen LogP contribution in [0, 0.1) is 21.9 Å². The van der Waals surface area contributed by atoms with E-state index in [9.17, 15) is 23.7 Å². The number of carbonyl (C=O) groups is 1. The van der Waals surface area contributed by atoms with Crippen molar-refractivity contribution in [2.24, 2.45) is 0 Å². The molecule has 0 saturated carbocycles. The van der Waals surface area contributed by atoms with Gasteiger partial charge in [-0.25, -0.2) is 9.37 Å². The zero-order valence-corrected chi connectivity index (χ0v) is 9.84. The van der Waals surface area contributed by atoms with Crippen molar-refractivity contribution >= 4 is 17.3 Å². The molecule has 0 bridgehead atoms. The van der Waals surface area contributed by atoms with Gasteiger partial charge in [-0.2, -0.15) is 4.39 Å². The minimum Gasteiger partial charge on any atom is -0.320 e. The largest absolute Gasteiger partial charge is 0.320 e. The van der Waals surface area contributed by atoms with E-state index >= 15 is 0 Å². The van der Waals surface area contributed by atoms with Crippen molar-refractivity contribution in [1.29, 1.82) is 0 Å². The van der Waals surface area contributed by atoms with Crippen molar-refractivity contribution in [2.45, 2.75) is 0 Å². The van der Waals surface area contributed by atoms with Crippen LogP contribution in [0.5, 0.6) is 0 Å². The Morgan fingerprint density at radius 3 is 2.65 bits per heavy atom. The number of non-ortho nitro benzene ring substituents is 1. The van der Waals surface area contributed by atoms with Gasteiger partial charge in [0.05, 0.1) is 16.7 Å². The molecule has 0 aliphatic carbocycles. The Hall–Kier alpha value is -2.90. The van der Waals surface area contributed by atoms with Crippen LogP contribution < -0.4 is 5.32 Å². The SMILES string of the molecule is O=C(Nc1cc(F)cc([N+](=O)[O-])c1)c1cccc(F)n1. The van der Waals surface area contributed by atoms with Crippen LogP contribution >= 0.6 is 0 Å². The van der Waals surface area contributed by atoms with Crippen molar-refractivity contribution in [2.75, 3.05) is 5.32 Å². The third-order valence-electron chi connectivity index (χ3n) is 2.30. The predicted molar refractivity (Wildman–Crippen MR) is 65.2 cm³/mol. The van der Waals surface area contributed by atoms with Crippen LogP contribution in [0.4, 0.5) is 20.2 Å². The standard InChI is InChI=1S/C12H7F2N3O3/c13-7-4-8(6-9(5-7)17(19)20)15-12(18)10-2-1-3-11(14)16-10/h1-6H,(H,15,18). The van der Waals surface area contributed by atoms with Crippen molar-refractivity contribution in [3.63, 3.8) is 0 Å². The quantitative estimate of drug-likeness (QED) is 0.531. The first kappa shape index (κ1) is 13.5. The summed E-state index contributed by atoms with van der Waals surface area (Å²) < 4.78 is 26.0. The monoisotopic (exact) mass is 279 g/mol. The lowest BCUT2D eigenvalue weighted by molar-refractivity contribution is -0.385. The number of benzene rings is 1. The van der Waals surface area contributed by atoms with E-state index in [-0.39, 0.29) is 11.4 Å². The van der Waals surface area contributed by atoms with Crippen LogP contribution in [0.2, 0.25) is 0 Å². The van der Waals surface area contributed by atoms with Gasteiger partial charge in [-0.05, 0) is 18.2 Å². The van der Waals surface area contributed by atoms with E-state index in [4.69, 9.17) is 0 Å². The zero-order chi connectivity index (χ0) is 14.7. The van der Waals surface area contributed by atoms with Gasteiger partial charge in [-0.1, -0.05) is 6.07 Å². The number of hydrogen-bond acceptors (Lipinski definition) is 4. The smallest absolute Gasteiger partial charge is 0.274 e. The molecular formula is C12H7F2N3O3. The lowest BCUT2D eigenvalue weighted by Crippen LogP contribution is -2.14. The van der Waals surface area contributed by atoms with Crippen LogP contribution in [-0.2, 0) is 0 Å². The van der Waals surface area contributed by atoms with Crippen LogP contribution in [0.1, 0.15) is 10.5 Å². The highest BCUT2D eigenvalue weighted by molar-refractivity contribution is 6.02. The maximum Gasteiger partial charge on any atom is 0.274 e. The number of amides is 1. The Morgan fingerprint density at radius 1 is 1.25 bits per heavy atom. The molecule has 0 aliphatic rings. The van der Waals surface area contributed by atoms with E-state index in [1.165, 1.54) is 12.1 Å². The van der Waals surface area contributed by atoms with E-state index < -0.39 is 28.3 Å². The molecular weight excluding hydrogens is 272 g/mol. The van der Waals surface area contributed by atoms with E-state index in [2.05, 4.69) is 10.3 Å². The molecule has 1 aromatic heterocycles. The normalized spacial score (nSPS) is 10.1. The van der Waals surface area contributed by atoms with E-state index in [1.807, 2.05) is 0 Å². The Balaban J connectivity index is 2.26. The summed E-state index contributed by atoms with van der Waals surface area (Å²) >= 11 is 0. The first-order valence-electron chi connectivity index (χ1n) is 5.34. The third kappa shape index (κ3) is 3.10. The second kappa shape index (κ2) is 5.39. The number of nitrogens with zero attached hydrogens (tertiary/aromatic N) is 2. The highest BCUT2D eigenvalue weighted by atomic mass is 19.1. The number of hydrogen-bond donors (Lipinski definition) is 1. The fourth-order valence-electron chi connectivity index (χ4n) is 1.48. The molecule has 0 unspecified atom stereocenters. The number of carbonyl (C=O) groups excluding carboxylic acids is 1. The number of pyridine rings is 1. The Bertz CT molecular complexity index is 691. The average Bonchev–Trinajstić information content (AvgIpc) is 2.37. The summed E-state index contributed by atoms with van der Waals surface area (Å²) in [5, 5.41) is 12.8. The number of halogens is 2. The topological polar surface area (TPSA) is 85.1 Å². The molecule has 2 aromatic rings. The molecule has 0 aliphatic heterocycles. The van der Waals surface area contributed by atoms with Gasteiger partial charge in [-0.15, -0.1) is 0 Å². The molecule has 8 heteroatoms. The Morgan fingerprint density at radius 2 is 2.00 bits per heavy atom. The molecule has 1 heterocycles. The molecule has 0 atom stereocenters. The maximum absolute atomic E-state index is 13.2. The lowest BCUT2D eigenvalue weighted by Gasteiger charge is -2.05. The summed E-state index contributed by atoms with van der Waals surface area (Å²) in [4.78, 5) is 24.8. The minimum absolute atomic E-state index is 0.118. The molecule has 2 rings (SSSR count). The number of aromatic nitrogens is 1. The van der Waals surface area contributed by atoms with Gasteiger partial charge in [0, 0.05) is 6.07 Å². The number of rotatable bonds is 3. The van der Waals surface area contributed by atoms with E-state index in [0.717, 1.165) is 24.3 Å². The lowest BCUT2D eigenvalue weighted by atomic mass is 10.2. The summed E-state index contributed by atoms with van der Waals surface area (Å²) in [6, 6.07) is 6.21. The fraction of sp³-hybridized carbons (Fsp3) is 0. The van der Waals surface area contributed by atoms with Crippen molar-refractivity contribution in [3.05, 3.63) is 64.0 Å². The molecule has 0 radical (unpaired) electrons. The molecule has 20 heavy (non-hydrogen) atoms. The van der Waals surface area contributed by atoms with Crippen molar-refractivity contribution in [1.82, 2.24) is 4.98 Å². The maximum atomic E-state index is 13.2. The molecule has 0 fully saturated rings. The third-order valence-corrected chi connectivity index (χ3v) is 2.30. The number of anilines is 1. The Kier molecular flexibility index (Phi) is 3.65. The van der Waals surface area contributed by atoms with Gasteiger partial charge < -0.3 is 5.32 Å². The van der Waals surface area contributed by atoms with Gasteiger partial charge in [0.1, 0.15) is 11.5 Å². The molecule has 1 N–H and O–H groups in total. The molecule has 0 spiro atoms. The van der Waals surface area contributed by atoms with Gasteiger partial charge in [0.2, 0.25) is 5.95 Å². The fourth-order valence-corrected chi connectivity index (χ4v) is 1.48. The summed E-state index contributed by atoms with van der Waals surface area (Å²) in [5.74, 6) is -2.52. The Labute approximate surface area is 111 Å². The second-order valence-electron chi connectivity index (χ2n) is 3.75. The van der Waals surface area contributed by atoms with E-state index in [1.54, 1.807) is 0 Å². The first-order chi connectivity index (χ1) is 9.45. The van der Waals surface area contributed by atoms with Gasteiger partial charge in [-0.3, -0.25) is 14.9 Å². The summed E-state index contributed by atoms with van der Waals surface area (Å²) in [6.45, 7) is 0. The molecule has 6 nitrogen and oxygen atoms in total. The van der Waals surface area contributed by atoms with Crippen LogP contribution in [-0.4, -0.2) is 15.8 Å². The number of nitro benzene ring substituents is 1. The molecule has 0 saturated heterocycles. The van der Waals surface area contributed by atoms with Gasteiger partial charge in [0.25, 0.3) is 11.6 Å². The molecule has 102 valence electrons. The average molecular weight is 279 g/mol. The highest BCUT2D eigenvalue weighted by Crippen LogP contribution is 2.20. The molecule has 1 aromatic carbocycles. The minimum atomic E-state index is -0.873. The molecule has 1 amide bonds. The van der Waals surface area contributed by atoms with Gasteiger partial charge >= 0.3 is 0 Å². The van der Waals surface area contributed by atoms with Crippen LogP contribution in [0.15, 0.2) is 36.4 Å². The van der Waals surface area contributed by atoms with E-state index in [0.29, 0.717) is 0 Å². The number of nitrogens with one attached hydrogen (secondary N) is 1. The zero-order valence-electron chi connectivity index (χ0n) is 9.84. The number of nitro groups is 1. The second-order valence-corrected chi connectivity index (χ2v) is 3.75. The summed E-state index contributed by atoms with van der Waals surface area (Å²) in [7, 11) is 0. The first-order valence-corrected chi connectivity index (χ1v) is 5.34. The van der Waals surface area contributed by atoms with Crippen molar-refractivity contribution < 1.29 is 18.5 Å². The predicted octanol–water partition coefficient (Wildman–Crippen LogP) is 2.52. The summed E-state index contributed by atoms with van der Waals surface area (Å²) in [5.41, 5.74) is -0.850. The van der Waals surface area contributed by atoms with Gasteiger partial charge in [0.15, 0.2) is 0 Å². The van der Waals surface area contributed by atoms with Crippen LogP contribution in [0.3, 0.4) is 0 Å². The van der Waals surface area contributed by atoms with Crippen LogP contribution in [0.25, 0.3) is 0 Å². The highest BCUT2D eigenvalue weighted by Gasteiger charge is 2.13. The van der Waals surface area contributed by atoms with Crippen molar-refractivity contribution in [3.8, 4) is 0 Å².